The average Bonchev–Trinajstić information content (AvgIpc) is 3.60. The van der Waals surface area contributed by atoms with Gasteiger partial charge in [-0.05, 0) is 48.4 Å². The monoisotopic (exact) mass is 422 g/mol. The number of fused-ring (bicyclic) bond motifs is 1. The van der Waals surface area contributed by atoms with Crippen molar-refractivity contribution in [3.05, 3.63) is 68.0 Å². The first kappa shape index (κ1) is 20.8. The van der Waals surface area contributed by atoms with Gasteiger partial charge in [0.1, 0.15) is 11.4 Å². The van der Waals surface area contributed by atoms with Gasteiger partial charge in [-0.15, -0.1) is 0 Å². The molecule has 0 aliphatic heterocycles. The van der Waals surface area contributed by atoms with Crippen molar-refractivity contribution in [3.8, 4) is 5.75 Å². The van der Waals surface area contributed by atoms with Crippen LogP contribution in [0.3, 0.4) is 0 Å². The molecule has 31 heavy (non-hydrogen) atoms. The van der Waals surface area contributed by atoms with Gasteiger partial charge in [-0.25, -0.2) is 9.78 Å². The van der Waals surface area contributed by atoms with E-state index in [9.17, 15) is 14.4 Å². The minimum absolute atomic E-state index is 0.0196. The summed E-state index contributed by atoms with van der Waals surface area (Å²) in [6.07, 6.45) is 2.06. The molecule has 1 aliphatic carbocycles. The van der Waals surface area contributed by atoms with Gasteiger partial charge >= 0.3 is 5.69 Å². The van der Waals surface area contributed by atoms with Gasteiger partial charge in [-0.2, -0.15) is 0 Å². The summed E-state index contributed by atoms with van der Waals surface area (Å²) < 4.78 is 6.50. The van der Waals surface area contributed by atoms with Gasteiger partial charge in [0, 0.05) is 12.7 Å². The molecular formula is C23H26N4O4. The largest absolute Gasteiger partial charge is 0.497 e. The van der Waals surface area contributed by atoms with E-state index in [0.717, 1.165) is 24.2 Å². The standard InChI is InChI=1S/C23H26N4O4/c1-12(2)17-11-16(18-20(24-17)27(3)23(30)26-22(18)29)21(28)25-19(13-5-6-13)14-7-9-15(31-4)10-8-14/h7-13,19H,5-6H2,1-4H3,(H,25,28)(H,26,29,30)/t19-/m1/s1. The molecule has 0 saturated heterocycles. The number of hydrogen-bond donors (Lipinski definition) is 2. The minimum atomic E-state index is -0.613. The topological polar surface area (TPSA) is 106 Å². The van der Waals surface area contributed by atoms with Crippen LogP contribution in [0, 0.1) is 5.92 Å². The number of rotatable bonds is 6. The Bertz CT molecular complexity index is 1250. The molecular weight excluding hydrogens is 396 g/mol. The van der Waals surface area contributed by atoms with Crippen LogP contribution in [0.15, 0.2) is 39.9 Å². The summed E-state index contributed by atoms with van der Waals surface area (Å²) in [4.78, 5) is 44.9. The number of aryl methyl sites for hydroxylation is 1. The van der Waals surface area contributed by atoms with Crippen LogP contribution in [0.5, 0.6) is 5.75 Å². The van der Waals surface area contributed by atoms with Crippen LogP contribution in [-0.2, 0) is 7.05 Å². The number of hydrogen-bond acceptors (Lipinski definition) is 5. The molecule has 1 aromatic carbocycles. The average molecular weight is 422 g/mol. The number of pyridine rings is 1. The number of nitrogens with one attached hydrogen (secondary N) is 2. The first-order valence-electron chi connectivity index (χ1n) is 10.4. The summed E-state index contributed by atoms with van der Waals surface area (Å²) in [5.74, 6) is 0.758. The van der Waals surface area contributed by atoms with E-state index in [1.165, 1.54) is 11.6 Å². The Hall–Kier alpha value is -3.42. The lowest BCUT2D eigenvalue weighted by Gasteiger charge is -2.20. The molecule has 1 atom stereocenters. The van der Waals surface area contributed by atoms with E-state index < -0.39 is 11.2 Å². The van der Waals surface area contributed by atoms with Gasteiger partial charge in [-0.3, -0.25) is 19.1 Å². The zero-order chi connectivity index (χ0) is 22.3. The highest BCUT2D eigenvalue weighted by molar-refractivity contribution is 6.05. The lowest BCUT2D eigenvalue weighted by Crippen LogP contribution is -2.34. The van der Waals surface area contributed by atoms with Crippen LogP contribution in [0.25, 0.3) is 11.0 Å². The zero-order valence-corrected chi connectivity index (χ0v) is 18.1. The fraction of sp³-hybridized carbons (Fsp3) is 0.391. The summed E-state index contributed by atoms with van der Waals surface area (Å²) in [7, 11) is 3.14. The maximum atomic E-state index is 13.4. The Morgan fingerprint density at radius 3 is 2.48 bits per heavy atom. The number of ether oxygens (including phenoxy) is 1. The highest BCUT2D eigenvalue weighted by Gasteiger charge is 2.34. The van der Waals surface area contributed by atoms with Gasteiger partial charge in [0.15, 0.2) is 0 Å². The first-order chi connectivity index (χ1) is 14.8. The van der Waals surface area contributed by atoms with Crippen molar-refractivity contribution in [1.29, 1.82) is 0 Å². The molecule has 0 radical (unpaired) electrons. The molecule has 162 valence electrons. The highest BCUT2D eigenvalue weighted by atomic mass is 16.5. The summed E-state index contributed by atoms with van der Waals surface area (Å²) >= 11 is 0. The summed E-state index contributed by atoms with van der Waals surface area (Å²) in [5.41, 5.74) is 0.887. The number of methoxy groups -OCH3 is 1. The second kappa shape index (κ2) is 8.02. The first-order valence-corrected chi connectivity index (χ1v) is 10.4. The quantitative estimate of drug-likeness (QED) is 0.635. The molecule has 8 heteroatoms. The maximum Gasteiger partial charge on any atom is 0.329 e. The van der Waals surface area contributed by atoms with Gasteiger partial charge in [-0.1, -0.05) is 26.0 Å². The third-order valence-corrected chi connectivity index (χ3v) is 5.78. The van der Waals surface area contributed by atoms with E-state index in [0.29, 0.717) is 11.6 Å². The van der Waals surface area contributed by atoms with E-state index in [2.05, 4.69) is 15.3 Å². The van der Waals surface area contributed by atoms with Crippen molar-refractivity contribution in [1.82, 2.24) is 19.9 Å². The number of aromatic amines is 1. The number of carbonyl (C=O) groups excluding carboxylic acids is 1. The second-order valence-corrected chi connectivity index (χ2v) is 8.33. The highest BCUT2D eigenvalue weighted by Crippen LogP contribution is 2.41. The maximum absolute atomic E-state index is 13.4. The van der Waals surface area contributed by atoms with E-state index in [1.807, 2.05) is 38.1 Å². The van der Waals surface area contributed by atoms with Crippen molar-refractivity contribution in [2.75, 3.05) is 7.11 Å². The molecule has 0 unspecified atom stereocenters. The molecule has 8 nitrogen and oxygen atoms in total. The van der Waals surface area contributed by atoms with Crippen LogP contribution in [0.4, 0.5) is 0 Å². The molecule has 0 bridgehead atoms. The Morgan fingerprint density at radius 1 is 1.23 bits per heavy atom. The van der Waals surface area contributed by atoms with Crippen molar-refractivity contribution < 1.29 is 9.53 Å². The molecule has 2 N–H and O–H groups in total. The Labute approximate surface area is 179 Å². The van der Waals surface area contributed by atoms with E-state index in [1.54, 1.807) is 13.2 Å². The molecule has 2 aromatic heterocycles. The van der Waals surface area contributed by atoms with E-state index in [4.69, 9.17) is 4.74 Å². The summed E-state index contributed by atoms with van der Waals surface area (Å²) in [6, 6.07) is 9.12. The molecule has 3 aromatic rings. The SMILES string of the molecule is COc1ccc([C@H](NC(=O)c2cc(C(C)C)nc3c2c(=O)[nH]c(=O)n3C)C2CC2)cc1. The summed E-state index contributed by atoms with van der Waals surface area (Å²) in [6.45, 7) is 3.90. The summed E-state index contributed by atoms with van der Waals surface area (Å²) in [5, 5.41) is 3.24. The zero-order valence-electron chi connectivity index (χ0n) is 18.1. The fourth-order valence-electron chi connectivity index (χ4n) is 3.77. The van der Waals surface area contributed by atoms with Crippen molar-refractivity contribution in [2.24, 2.45) is 13.0 Å². The Morgan fingerprint density at radius 2 is 1.90 bits per heavy atom. The number of aromatic nitrogens is 3. The normalized spacial score (nSPS) is 14.6. The predicted octanol–water partition coefficient (Wildman–Crippen LogP) is 2.63. The van der Waals surface area contributed by atoms with Gasteiger partial charge in [0.05, 0.1) is 24.1 Å². The van der Waals surface area contributed by atoms with Gasteiger partial charge in [0.2, 0.25) is 0 Å². The third kappa shape index (κ3) is 3.97. The number of benzene rings is 1. The lowest BCUT2D eigenvalue weighted by atomic mass is 10.00. The minimum Gasteiger partial charge on any atom is -0.497 e. The van der Waals surface area contributed by atoms with Crippen LogP contribution < -0.4 is 21.3 Å². The van der Waals surface area contributed by atoms with Gasteiger partial charge in [0.25, 0.3) is 11.5 Å². The van der Waals surface area contributed by atoms with Crippen LogP contribution in [-0.4, -0.2) is 27.6 Å². The van der Waals surface area contributed by atoms with Gasteiger partial charge < -0.3 is 10.1 Å². The van der Waals surface area contributed by atoms with Crippen LogP contribution in [0.1, 0.15) is 60.3 Å². The molecule has 0 spiro atoms. The number of amides is 1. The fourth-order valence-corrected chi connectivity index (χ4v) is 3.77. The number of nitrogens with zero attached hydrogens (tertiary/aromatic N) is 2. The number of H-pyrrole nitrogens is 1. The molecule has 1 saturated carbocycles. The van der Waals surface area contributed by atoms with E-state index in [-0.39, 0.29) is 34.5 Å². The van der Waals surface area contributed by atoms with Crippen LogP contribution >= 0.6 is 0 Å². The van der Waals surface area contributed by atoms with Crippen molar-refractivity contribution >= 4 is 16.9 Å². The molecule has 1 amide bonds. The molecule has 2 heterocycles. The molecule has 1 aliphatic rings. The predicted molar refractivity (Wildman–Crippen MR) is 118 cm³/mol. The van der Waals surface area contributed by atoms with Crippen LogP contribution in [0.2, 0.25) is 0 Å². The number of carbonyl (C=O) groups is 1. The Kier molecular flexibility index (Phi) is 5.39. The smallest absolute Gasteiger partial charge is 0.329 e. The van der Waals surface area contributed by atoms with Crippen molar-refractivity contribution in [3.63, 3.8) is 0 Å². The Balaban J connectivity index is 1.79. The molecule has 1 fully saturated rings. The van der Waals surface area contributed by atoms with Crippen molar-refractivity contribution in [2.45, 2.75) is 38.6 Å². The third-order valence-electron chi connectivity index (χ3n) is 5.78. The second-order valence-electron chi connectivity index (χ2n) is 8.33. The molecule has 4 rings (SSSR count). The lowest BCUT2D eigenvalue weighted by molar-refractivity contribution is 0.0933. The van der Waals surface area contributed by atoms with E-state index >= 15 is 0 Å².